The summed E-state index contributed by atoms with van der Waals surface area (Å²) in [6, 6.07) is 10.8. The Morgan fingerprint density at radius 1 is 1.03 bits per heavy atom. The van der Waals surface area contributed by atoms with E-state index in [1.54, 1.807) is 9.80 Å². The molecule has 1 aliphatic carbocycles. The Bertz CT molecular complexity index is 955. The summed E-state index contributed by atoms with van der Waals surface area (Å²) >= 11 is 0. The number of anilines is 2. The second kappa shape index (κ2) is 8.05. The lowest BCUT2D eigenvalue weighted by molar-refractivity contribution is -0.117. The largest absolute Gasteiger partial charge is 0.325 e. The van der Waals surface area contributed by atoms with Crippen LogP contribution in [0.4, 0.5) is 25.0 Å². The van der Waals surface area contributed by atoms with Crippen molar-refractivity contribution >= 4 is 23.3 Å². The molecule has 1 aliphatic heterocycles. The van der Waals surface area contributed by atoms with Gasteiger partial charge in [-0.3, -0.25) is 9.69 Å². The fourth-order valence-corrected chi connectivity index (χ4v) is 4.51. The minimum Gasteiger partial charge on any atom is -0.324 e. The number of nitrogens with one attached hydrogen (secondary N) is 1. The molecule has 3 amide bonds. The molecule has 2 aromatic rings. The lowest BCUT2D eigenvalue weighted by Crippen LogP contribution is -2.51. The van der Waals surface area contributed by atoms with Gasteiger partial charge in [0, 0.05) is 17.4 Å². The third-order valence-corrected chi connectivity index (χ3v) is 6.12. The highest BCUT2D eigenvalue weighted by Gasteiger charge is 2.50. The highest BCUT2D eigenvalue weighted by Crippen LogP contribution is 2.41. The molecule has 0 aromatic heterocycles. The molecule has 1 spiro atoms. The van der Waals surface area contributed by atoms with Crippen molar-refractivity contribution in [3.63, 3.8) is 0 Å². The molecule has 2 aliphatic rings. The number of hydrogen-bond acceptors (Lipinski definition) is 2. The Labute approximate surface area is 174 Å². The number of halogens is 2. The van der Waals surface area contributed by atoms with Gasteiger partial charge in [0.15, 0.2) is 11.6 Å². The molecule has 5 nitrogen and oxygen atoms in total. The molecule has 1 saturated heterocycles. The van der Waals surface area contributed by atoms with E-state index >= 15 is 0 Å². The van der Waals surface area contributed by atoms with Gasteiger partial charge in [-0.15, -0.1) is 0 Å². The molecule has 158 valence electrons. The summed E-state index contributed by atoms with van der Waals surface area (Å²) in [5.41, 5.74) is 1.71. The molecule has 30 heavy (non-hydrogen) atoms. The lowest BCUT2D eigenvalue weighted by Gasteiger charge is -2.39. The zero-order valence-corrected chi connectivity index (χ0v) is 17.0. The maximum atomic E-state index is 13.5. The topological polar surface area (TPSA) is 52.6 Å². The second-order valence-corrected chi connectivity index (χ2v) is 8.25. The monoisotopic (exact) mass is 413 g/mol. The summed E-state index contributed by atoms with van der Waals surface area (Å²) in [5.74, 6) is -2.43. The van der Waals surface area contributed by atoms with Crippen LogP contribution in [0, 0.1) is 18.6 Å². The van der Waals surface area contributed by atoms with E-state index in [1.807, 2.05) is 31.2 Å². The van der Waals surface area contributed by atoms with E-state index in [2.05, 4.69) is 5.32 Å². The average Bonchev–Trinajstić information content (AvgIpc) is 2.98. The van der Waals surface area contributed by atoms with Crippen molar-refractivity contribution in [3.8, 4) is 0 Å². The van der Waals surface area contributed by atoms with Crippen LogP contribution >= 0.6 is 0 Å². The average molecular weight is 413 g/mol. The van der Waals surface area contributed by atoms with Gasteiger partial charge in [-0.1, -0.05) is 37.0 Å². The summed E-state index contributed by atoms with van der Waals surface area (Å²) in [5, 5.41) is 2.58. The molecule has 2 fully saturated rings. The highest BCUT2D eigenvalue weighted by atomic mass is 19.2. The van der Waals surface area contributed by atoms with Crippen molar-refractivity contribution in [1.29, 1.82) is 0 Å². The summed E-state index contributed by atoms with van der Waals surface area (Å²) in [6.45, 7) is 2.42. The summed E-state index contributed by atoms with van der Waals surface area (Å²) in [6.07, 6.45) is 4.83. The molecule has 4 rings (SSSR count). The number of carbonyl (C=O) groups is 2. The molecule has 0 atom stereocenters. The van der Waals surface area contributed by atoms with Gasteiger partial charge in [-0.2, -0.15) is 0 Å². The van der Waals surface area contributed by atoms with Crippen molar-refractivity contribution in [3.05, 3.63) is 59.7 Å². The Balaban J connectivity index is 1.55. The van der Waals surface area contributed by atoms with E-state index in [4.69, 9.17) is 0 Å². The van der Waals surface area contributed by atoms with Crippen molar-refractivity contribution in [1.82, 2.24) is 4.90 Å². The summed E-state index contributed by atoms with van der Waals surface area (Å²) < 4.78 is 26.6. The predicted molar refractivity (Wildman–Crippen MR) is 111 cm³/mol. The highest BCUT2D eigenvalue weighted by molar-refractivity contribution is 6.00. The third kappa shape index (κ3) is 3.88. The molecule has 0 unspecified atom stereocenters. The minimum absolute atomic E-state index is 0.125. The van der Waals surface area contributed by atoms with E-state index in [-0.39, 0.29) is 23.8 Å². The van der Waals surface area contributed by atoms with Crippen LogP contribution in [0.5, 0.6) is 0 Å². The van der Waals surface area contributed by atoms with Crippen LogP contribution in [0.1, 0.15) is 37.7 Å². The van der Waals surface area contributed by atoms with Gasteiger partial charge >= 0.3 is 6.03 Å². The predicted octanol–water partition coefficient (Wildman–Crippen LogP) is 4.86. The molecule has 1 N–H and O–H groups in total. The van der Waals surface area contributed by atoms with Gasteiger partial charge in [0.2, 0.25) is 5.91 Å². The van der Waals surface area contributed by atoms with Gasteiger partial charge in [0.25, 0.3) is 0 Å². The van der Waals surface area contributed by atoms with Crippen molar-refractivity contribution in [2.75, 3.05) is 23.3 Å². The van der Waals surface area contributed by atoms with Crippen molar-refractivity contribution < 1.29 is 18.4 Å². The fourth-order valence-electron chi connectivity index (χ4n) is 4.51. The number of rotatable bonds is 4. The zero-order chi connectivity index (χ0) is 21.3. The Morgan fingerprint density at radius 3 is 2.40 bits per heavy atom. The molecule has 0 bridgehead atoms. The molecular weight excluding hydrogens is 388 g/mol. The SMILES string of the molecule is Cc1ccc(N2CC3(CCCCC3)N(CC(=O)Nc3ccc(F)c(F)c3)C2=O)cc1. The maximum Gasteiger partial charge on any atom is 0.325 e. The second-order valence-electron chi connectivity index (χ2n) is 8.25. The molecule has 1 heterocycles. The van der Waals surface area contributed by atoms with Crippen molar-refractivity contribution in [2.24, 2.45) is 0 Å². The quantitative estimate of drug-likeness (QED) is 0.779. The molecule has 2 aromatic carbocycles. The molecule has 7 heteroatoms. The van der Waals surface area contributed by atoms with Crippen LogP contribution in [0.2, 0.25) is 0 Å². The third-order valence-electron chi connectivity index (χ3n) is 6.12. The van der Waals surface area contributed by atoms with E-state index in [1.165, 1.54) is 6.07 Å². The zero-order valence-electron chi connectivity index (χ0n) is 17.0. The van der Waals surface area contributed by atoms with Crippen LogP contribution in [-0.4, -0.2) is 35.5 Å². The number of aryl methyl sites for hydroxylation is 1. The van der Waals surface area contributed by atoms with Crippen molar-refractivity contribution in [2.45, 2.75) is 44.6 Å². The number of amides is 3. The molecule has 1 saturated carbocycles. The minimum atomic E-state index is -1.03. The number of urea groups is 1. The van der Waals surface area contributed by atoms with Crippen LogP contribution in [0.3, 0.4) is 0 Å². The van der Waals surface area contributed by atoms with E-state index in [0.717, 1.165) is 55.5 Å². The fraction of sp³-hybridized carbons (Fsp3) is 0.391. The van der Waals surface area contributed by atoms with Crippen LogP contribution in [0.15, 0.2) is 42.5 Å². The van der Waals surface area contributed by atoms with Gasteiger partial charge in [0.05, 0.1) is 12.1 Å². The van der Waals surface area contributed by atoms with Gasteiger partial charge in [0.1, 0.15) is 6.54 Å². The normalized spacial score (nSPS) is 18.2. The first kappa shape index (κ1) is 20.3. The molecular formula is C23H25F2N3O2. The van der Waals surface area contributed by atoms with Crippen LogP contribution in [-0.2, 0) is 4.79 Å². The maximum absolute atomic E-state index is 13.5. The van der Waals surface area contributed by atoms with Gasteiger partial charge < -0.3 is 10.2 Å². The number of nitrogens with zero attached hydrogens (tertiary/aromatic N) is 2. The van der Waals surface area contributed by atoms with E-state index in [9.17, 15) is 18.4 Å². The van der Waals surface area contributed by atoms with Crippen LogP contribution < -0.4 is 10.2 Å². The number of hydrogen-bond donors (Lipinski definition) is 1. The number of benzene rings is 2. The smallest absolute Gasteiger partial charge is 0.324 e. The summed E-state index contributed by atoms with van der Waals surface area (Å²) in [4.78, 5) is 29.4. The molecule has 0 radical (unpaired) electrons. The van der Waals surface area contributed by atoms with Gasteiger partial charge in [-0.05, 0) is 44.0 Å². The Kier molecular flexibility index (Phi) is 5.45. The van der Waals surface area contributed by atoms with Gasteiger partial charge in [-0.25, -0.2) is 13.6 Å². The Morgan fingerprint density at radius 2 is 1.73 bits per heavy atom. The lowest BCUT2D eigenvalue weighted by atomic mass is 9.81. The first-order chi connectivity index (χ1) is 14.4. The first-order valence-electron chi connectivity index (χ1n) is 10.3. The van der Waals surface area contributed by atoms with E-state index in [0.29, 0.717) is 6.54 Å². The standard InChI is InChI=1S/C23H25F2N3O2/c1-16-5-8-18(9-6-16)27-15-23(11-3-2-4-12-23)28(22(27)30)14-21(29)26-17-7-10-19(24)20(25)13-17/h5-10,13H,2-4,11-12,14-15H2,1H3,(H,26,29). The Hall–Kier alpha value is -2.96. The first-order valence-corrected chi connectivity index (χ1v) is 10.3. The van der Waals surface area contributed by atoms with Crippen LogP contribution in [0.25, 0.3) is 0 Å². The van der Waals surface area contributed by atoms with E-state index < -0.39 is 17.5 Å². The number of carbonyl (C=O) groups excluding carboxylic acids is 2. The summed E-state index contributed by atoms with van der Waals surface area (Å²) in [7, 11) is 0.